The molecule has 19 heavy (non-hydrogen) atoms. The maximum absolute atomic E-state index is 11.2. The fraction of sp³-hybridized carbons (Fsp3) is 0. The van der Waals surface area contributed by atoms with Gasteiger partial charge in [0.2, 0.25) is 11.5 Å². The fourth-order valence-corrected chi connectivity index (χ4v) is 2.22. The SMILES string of the molecule is O=c1cccc(-c2csc(Nc3ncccn3)n2)[nH]1. The summed E-state index contributed by atoms with van der Waals surface area (Å²) in [6, 6.07) is 6.71. The smallest absolute Gasteiger partial charge is 0.248 e. The maximum Gasteiger partial charge on any atom is 0.248 e. The van der Waals surface area contributed by atoms with Crippen LogP contribution >= 0.6 is 11.3 Å². The Balaban J connectivity index is 1.86. The number of nitrogens with one attached hydrogen (secondary N) is 2. The Morgan fingerprint density at radius 2 is 2.00 bits per heavy atom. The molecule has 3 rings (SSSR count). The van der Waals surface area contributed by atoms with Gasteiger partial charge < -0.3 is 10.3 Å². The minimum atomic E-state index is -0.147. The molecule has 3 aromatic heterocycles. The molecule has 94 valence electrons. The van der Waals surface area contributed by atoms with Crippen molar-refractivity contribution in [2.45, 2.75) is 0 Å². The minimum absolute atomic E-state index is 0.147. The standard InChI is InChI=1S/C12H9N5OS/c18-10-4-1-3-8(15-10)9-7-19-12(16-9)17-11-13-5-2-6-14-11/h1-7H,(H,15,18)(H,13,14,16,17). The largest absolute Gasteiger partial charge is 0.321 e. The minimum Gasteiger partial charge on any atom is -0.321 e. The molecular weight excluding hydrogens is 262 g/mol. The molecular formula is C12H9N5OS. The average molecular weight is 271 g/mol. The second kappa shape index (κ2) is 4.99. The molecule has 0 aliphatic rings. The topological polar surface area (TPSA) is 83.6 Å². The zero-order chi connectivity index (χ0) is 13.1. The number of H-pyrrole nitrogens is 1. The van der Waals surface area contributed by atoms with E-state index in [-0.39, 0.29) is 5.56 Å². The number of hydrogen-bond acceptors (Lipinski definition) is 6. The molecule has 0 aliphatic carbocycles. The highest BCUT2D eigenvalue weighted by Gasteiger charge is 2.06. The van der Waals surface area contributed by atoms with E-state index in [1.54, 1.807) is 30.6 Å². The number of rotatable bonds is 3. The highest BCUT2D eigenvalue weighted by molar-refractivity contribution is 7.14. The van der Waals surface area contributed by atoms with Crippen molar-refractivity contribution in [3.63, 3.8) is 0 Å². The third-order valence-corrected chi connectivity index (χ3v) is 3.09. The van der Waals surface area contributed by atoms with Crippen LogP contribution in [0.15, 0.2) is 46.8 Å². The van der Waals surface area contributed by atoms with Gasteiger partial charge in [0.15, 0.2) is 5.13 Å². The van der Waals surface area contributed by atoms with E-state index in [2.05, 4.69) is 25.3 Å². The molecule has 3 aromatic rings. The first-order chi connectivity index (χ1) is 9.31. The van der Waals surface area contributed by atoms with E-state index in [1.807, 2.05) is 5.38 Å². The van der Waals surface area contributed by atoms with E-state index >= 15 is 0 Å². The summed E-state index contributed by atoms with van der Waals surface area (Å²) in [6.45, 7) is 0. The maximum atomic E-state index is 11.2. The van der Waals surface area contributed by atoms with Gasteiger partial charge in [-0.25, -0.2) is 15.0 Å². The van der Waals surface area contributed by atoms with Crippen LogP contribution in [0.3, 0.4) is 0 Å². The molecule has 0 atom stereocenters. The number of aromatic nitrogens is 4. The van der Waals surface area contributed by atoms with Crippen molar-refractivity contribution in [1.29, 1.82) is 0 Å². The molecule has 0 radical (unpaired) electrons. The second-order valence-electron chi connectivity index (χ2n) is 3.66. The summed E-state index contributed by atoms with van der Waals surface area (Å²) in [4.78, 5) is 26.5. The average Bonchev–Trinajstić information content (AvgIpc) is 2.88. The van der Waals surface area contributed by atoms with E-state index in [4.69, 9.17) is 0 Å². The summed E-state index contributed by atoms with van der Waals surface area (Å²) < 4.78 is 0. The molecule has 0 aromatic carbocycles. The first kappa shape index (κ1) is 11.5. The molecule has 3 heterocycles. The number of aromatic amines is 1. The highest BCUT2D eigenvalue weighted by Crippen LogP contribution is 2.24. The molecule has 7 heteroatoms. The molecule has 0 saturated heterocycles. The van der Waals surface area contributed by atoms with Gasteiger partial charge in [-0.15, -0.1) is 11.3 Å². The lowest BCUT2D eigenvalue weighted by atomic mass is 10.3. The summed E-state index contributed by atoms with van der Waals surface area (Å²) >= 11 is 1.42. The van der Waals surface area contributed by atoms with Gasteiger partial charge in [-0.2, -0.15) is 0 Å². The van der Waals surface area contributed by atoms with Crippen LogP contribution in [0.25, 0.3) is 11.4 Å². The fourth-order valence-electron chi connectivity index (χ4n) is 1.51. The molecule has 6 nitrogen and oxygen atoms in total. The lowest BCUT2D eigenvalue weighted by Crippen LogP contribution is -2.03. The molecule has 0 fully saturated rings. The van der Waals surface area contributed by atoms with Gasteiger partial charge in [-0.1, -0.05) is 6.07 Å². The van der Waals surface area contributed by atoms with Crippen LogP contribution in [-0.4, -0.2) is 19.9 Å². The first-order valence-corrected chi connectivity index (χ1v) is 6.38. The van der Waals surface area contributed by atoms with Crippen molar-refractivity contribution in [2.24, 2.45) is 0 Å². The number of thiazole rings is 1. The molecule has 0 amide bonds. The zero-order valence-electron chi connectivity index (χ0n) is 9.70. The van der Waals surface area contributed by atoms with Gasteiger partial charge in [0, 0.05) is 23.8 Å². The monoisotopic (exact) mass is 271 g/mol. The van der Waals surface area contributed by atoms with Gasteiger partial charge >= 0.3 is 0 Å². The Kier molecular flexibility index (Phi) is 3.03. The van der Waals surface area contributed by atoms with E-state index in [9.17, 15) is 4.79 Å². The lowest BCUT2D eigenvalue weighted by Gasteiger charge is -1.98. The van der Waals surface area contributed by atoms with Crippen LogP contribution in [0.1, 0.15) is 0 Å². The van der Waals surface area contributed by atoms with Crippen molar-refractivity contribution in [3.8, 4) is 11.4 Å². The highest BCUT2D eigenvalue weighted by atomic mass is 32.1. The van der Waals surface area contributed by atoms with Crippen LogP contribution in [0.5, 0.6) is 0 Å². The Morgan fingerprint density at radius 3 is 2.79 bits per heavy atom. The Labute approximate surface area is 112 Å². The van der Waals surface area contributed by atoms with Crippen molar-refractivity contribution in [3.05, 3.63) is 52.4 Å². The van der Waals surface area contributed by atoms with Crippen molar-refractivity contribution < 1.29 is 0 Å². The third-order valence-electron chi connectivity index (χ3n) is 2.33. The molecule has 0 spiro atoms. The summed E-state index contributed by atoms with van der Waals surface area (Å²) in [5, 5.41) is 5.53. The van der Waals surface area contributed by atoms with E-state index < -0.39 is 0 Å². The number of nitrogens with zero attached hydrogens (tertiary/aromatic N) is 3. The predicted octanol–water partition coefficient (Wildman–Crippen LogP) is 2.03. The molecule has 0 unspecified atom stereocenters. The van der Waals surface area contributed by atoms with E-state index in [1.165, 1.54) is 17.4 Å². The van der Waals surface area contributed by atoms with Crippen LogP contribution in [0.2, 0.25) is 0 Å². The lowest BCUT2D eigenvalue weighted by molar-refractivity contribution is 1.16. The van der Waals surface area contributed by atoms with Gasteiger partial charge in [-0.3, -0.25) is 4.79 Å². The predicted molar refractivity (Wildman–Crippen MR) is 73.5 cm³/mol. The Morgan fingerprint density at radius 1 is 1.16 bits per heavy atom. The zero-order valence-corrected chi connectivity index (χ0v) is 10.5. The number of pyridine rings is 1. The summed E-state index contributed by atoms with van der Waals surface area (Å²) in [5.74, 6) is 0.491. The van der Waals surface area contributed by atoms with Crippen molar-refractivity contribution >= 4 is 22.4 Å². The van der Waals surface area contributed by atoms with Crippen LogP contribution in [-0.2, 0) is 0 Å². The van der Waals surface area contributed by atoms with Gasteiger partial charge in [0.05, 0.1) is 11.4 Å². The van der Waals surface area contributed by atoms with Crippen molar-refractivity contribution in [1.82, 2.24) is 19.9 Å². The van der Waals surface area contributed by atoms with Gasteiger partial charge in [0.25, 0.3) is 0 Å². The number of anilines is 2. The third kappa shape index (κ3) is 2.66. The molecule has 2 N–H and O–H groups in total. The number of hydrogen-bond donors (Lipinski definition) is 2. The summed E-state index contributed by atoms with van der Waals surface area (Å²) in [5.41, 5.74) is 1.25. The van der Waals surface area contributed by atoms with E-state index in [0.717, 1.165) is 0 Å². The summed E-state index contributed by atoms with van der Waals surface area (Å²) in [6.07, 6.45) is 3.30. The van der Waals surface area contributed by atoms with Gasteiger partial charge in [0.1, 0.15) is 0 Å². The molecule has 0 aliphatic heterocycles. The van der Waals surface area contributed by atoms with Crippen LogP contribution in [0, 0.1) is 0 Å². The molecule has 0 bridgehead atoms. The van der Waals surface area contributed by atoms with E-state index in [0.29, 0.717) is 22.5 Å². The van der Waals surface area contributed by atoms with Crippen LogP contribution in [0.4, 0.5) is 11.1 Å². The van der Waals surface area contributed by atoms with Crippen molar-refractivity contribution in [2.75, 3.05) is 5.32 Å². The normalized spacial score (nSPS) is 10.3. The van der Waals surface area contributed by atoms with Gasteiger partial charge in [-0.05, 0) is 12.1 Å². The quantitative estimate of drug-likeness (QED) is 0.761. The Hall–Kier alpha value is -2.54. The molecule has 0 saturated carbocycles. The second-order valence-corrected chi connectivity index (χ2v) is 4.52. The van der Waals surface area contributed by atoms with Crippen LogP contribution < -0.4 is 10.9 Å². The Bertz CT molecular complexity index is 737. The first-order valence-electron chi connectivity index (χ1n) is 5.50. The summed E-state index contributed by atoms with van der Waals surface area (Å²) in [7, 11) is 0.